The second-order valence-corrected chi connectivity index (χ2v) is 5.49. The van der Waals surface area contributed by atoms with Crippen molar-refractivity contribution in [3.05, 3.63) is 58.1 Å². The lowest BCUT2D eigenvalue weighted by molar-refractivity contribution is 0.276. The number of ether oxygens (including phenoxy) is 1. The first kappa shape index (κ1) is 14.9. The zero-order valence-electron chi connectivity index (χ0n) is 11.6. The number of aliphatic hydroxyl groups is 1. The third-order valence-electron chi connectivity index (χ3n) is 3.15. The summed E-state index contributed by atoms with van der Waals surface area (Å²) in [6.07, 6.45) is 0. The summed E-state index contributed by atoms with van der Waals surface area (Å²) < 4.78 is 6.09. The number of methoxy groups -OCH3 is 1. The fourth-order valence-electron chi connectivity index (χ4n) is 1.98. The predicted molar refractivity (Wildman–Crippen MR) is 85.3 cm³/mol. The molecule has 3 nitrogen and oxygen atoms in total. The molecule has 0 saturated carbocycles. The van der Waals surface area contributed by atoms with E-state index in [-0.39, 0.29) is 12.6 Å². The first-order valence-corrected chi connectivity index (χ1v) is 7.21. The summed E-state index contributed by atoms with van der Waals surface area (Å²) in [6.45, 7) is 2.07. The number of aryl methyl sites for hydroxylation is 1. The molecule has 0 aliphatic heterocycles. The van der Waals surface area contributed by atoms with Gasteiger partial charge in [-0.3, -0.25) is 0 Å². The molecule has 0 aromatic heterocycles. The number of anilines is 1. The Morgan fingerprint density at radius 3 is 2.45 bits per heavy atom. The third-order valence-corrected chi connectivity index (χ3v) is 3.77. The SMILES string of the molecule is COc1ccc(C(CO)Nc2ccc(C)cc2)cc1Br. The smallest absolute Gasteiger partial charge is 0.133 e. The van der Waals surface area contributed by atoms with Crippen LogP contribution in [0.25, 0.3) is 0 Å². The highest BCUT2D eigenvalue weighted by Crippen LogP contribution is 2.29. The number of rotatable bonds is 5. The zero-order chi connectivity index (χ0) is 14.5. The molecule has 1 unspecified atom stereocenters. The van der Waals surface area contributed by atoms with Crippen LogP contribution in [0.1, 0.15) is 17.2 Å². The van der Waals surface area contributed by atoms with E-state index in [1.807, 2.05) is 49.4 Å². The van der Waals surface area contributed by atoms with Gasteiger partial charge in [0.2, 0.25) is 0 Å². The number of hydrogen-bond donors (Lipinski definition) is 2. The number of halogens is 1. The van der Waals surface area contributed by atoms with E-state index in [0.717, 1.165) is 21.5 Å². The van der Waals surface area contributed by atoms with Crippen molar-refractivity contribution in [3.63, 3.8) is 0 Å². The number of hydrogen-bond acceptors (Lipinski definition) is 3. The third kappa shape index (κ3) is 3.52. The van der Waals surface area contributed by atoms with Gasteiger partial charge in [-0.2, -0.15) is 0 Å². The Hall–Kier alpha value is -1.52. The van der Waals surface area contributed by atoms with E-state index < -0.39 is 0 Å². The van der Waals surface area contributed by atoms with Crippen molar-refractivity contribution >= 4 is 21.6 Å². The quantitative estimate of drug-likeness (QED) is 0.870. The first-order chi connectivity index (χ1) is 9.63. The van der Waals surface area contributed by atoms with Gasteiger partial charge < -0.3 is 15.2 Å². The van der Waals surface area contributed by atoms with Crippen LogP contribution in [-0.2, 0) is 0 Å². The van der Waals surface area contributed by atoms with Crippen LogP contribution in [0.2, 0.25) is 0 Å². The highest BCUT2D eigenvalue weighted by Gasteiger charge is 2.12. The van der Waals surface area contributed by atoms with Crippen molar-refractivity contribution < 1.29 is 9.84 Å². The molecule has 0 heterocycles. The van der Waals surface area contributed by atoms with Crippen molar-refractivity contribution in [2.75, 3.05) is 19.0 Å². The molecule has 0 amide bonds. The summed E-state index contributed by atoms with van der Waals surface area (Å²) in [5.74, 6) is 0.778. The van der Waals surface area contributed by atoms with E-state index in [2.05, 4.69) is 21.2 Å². The average molecular weight is 336 g/mol. The second-order valence-electron chi connectivity index (χ2n) is 4.64. The van der Waals surface area contributed by atoms with Crippen molar-refractivity contribution in [3.8, 4) is 5.75 Å². The average Bonchev–Trinajstić information content (AvgIpc) is 2.46. The maximum absolute atomic E-state index is 9.60. The molecular weight excluding hydrogens is 318 g/mol. The van der Waals surface area contributed by atoms with Crippen molar-refractivity contribution in [2.24, 2.45) is 0 Å². The zero-order valence-corrected chi connectivity index (χ0v) is 13.1. The monoisotopic (exact) mass is 335 g/mol. The molecule has 2 aromatic carbocycles. The topological polar surface area (TPSA) is 41.5 Å². The highest BCUT2D eigenvalue weighted by molar-refractivity contribution is 9.10. The van der Waals surface area contributed by atoms with Crippen LogP contribution in [0.5, 0.6) is 5.75 Å². The normalized spacial score (nSPS) is 12.0. The molecule has 0 fully saturated rings. The van der Waals surface area contributed by atoms with Gasteiger partial charge in [0.25, 0.3) is 0 Å². The fourth-order valence-corrected chi connectivity index (χ4v) is 2.54. The molecule has 0 radical (unpaired) electrons. The standard InChI is InChI=1S/C16H18BrNO2/c1-11-3-6-13(7-4-11)18-15(10-19)12-5-8-16(20-2)14(17)9-12/h3-9,15,18-19H,10H2,1-2H3. The maximum Gasteiger partial charge on any atom is 0.133 e. The van der Waals surface area contributed by atoms with Gasteiger partial charge in [-0.1, -0.05) is 23.8 Å². The van der Waals surface area contributed by atoms with Crippen LogP contribution in [0.3, 0.4) is 0 Å². The molecule has 0 bridgehead atoms. The van der Waals surface area contributed by atoms with Crippen molar-refractivity contribution in [2.45, 2.75) is 13.0 Å². The van der Waals surface area contributed by atoms with E-state index in [9.17, 15) is 5.11 Å². The molecule has 2 rings (SSSR count). The Kier molecular flexibility index (Phi) is 5.04. The minimum Gasteiger partial charge on any atom is -0.496 e. The van der Waals surface area contributed by atoms with Gasteiger partial charge in [-0.05, 0) is 52.7 Å². The molecule has 2 N–H and O–H groups in total. The van der Waals surface area contributed by atoms with E-state index in [0.29, 0.717) is 0 Å². The number of nitrogens with one attached hydrogen (secondary N) is 1. The molecular formula is C16H18BrNO2. The molecule has 0 aliphatic rings. The Bertz CT molecular complexity index is 569. The van der Waals surface area contributed by atoms with Gasteiger partial charge in [0, 0.05) is 5.69 Å². The van der Waals surface area contributed by atoms with Crippen LogP contribution in [0.4, 0.5) is 5.69 Å². The van der Waals surface area contributed by atoms with Gasteiger partial charge in [0.1, 0.15) is 5.75 Å². The largest absolute Gasteiger partial charge is 0.496 e. The number of aliphatic hydroxyl groups excluding tert-OH is 1. The molecule has 0 spiro atoms. The van der Waals surface area contributed by atoms with Crippen LogP contribution >= 0.6 is 15.9 Å². The van der Waals surface area contributed by atoms with Gasteiger partial charge >= 0.3 is 0 Å². The molecule has 0 saturated heterocycles. The Labute approximate surface area is 127 Å². The molecule has 1 atom stereocenters. The Morgan fingerprint density at radius 1 is 1.20 bits per heavy atom. The van der Waals surface area contributed by atoms with Gasteiger partial charge in [-0.25, -0.2) is 0 Å². The Balaban J connectivity index is 2.19. The molecule has 4 heteroatoms. The minimum atomic E-state index is -0.153. The van der Waals surface area contributed by atoms with Crippen molar-refractivity contribution in [1.82, 2.24) is 0 Å². The van der Waals surface area contributed by atoms with Crippen LogP contribution in [-0.4, -0.2) is 18.8 Å². The lowest BCUT2D eigenvalue weighted by Gasteiger charge is -2.19. The summed E-state index contributed by atoms with van der Waals surface area (Å²) in [7, 11) is 1.63. The highest BCUT2D eigenvalue weighted by atomic mass is 79.9. The van der Waals surface area contributed by atoms with Gasteiger partial charge in [0.05, 0.1) is 24.2 Å². The summed E-state index contributed by atoms with van der Waals surface area (Å²) in [4.78, 5) is 0. The molecule has 106 valence electrons. The first-order valence-electron chi connectivity index (χ1n) is 6.41. The van der Waals surface area contributed by atoms with Crippen molar-refractivity contribution in [1.29, 1.82) is 0 Å². The lowest BCUT2D eigenvalue weighted by Crippen LogP contribution is -2.14. The van der Waals surface area contributed by atoms with Crippen LogP contribution in [0.15, 0.2) is 46.9 Å². The lowest BCUT2D eigenvalue weighted by atomic mass is 10.1. The van der Waals surface area contributed by atoms with Gasteiger partial charge in [-0.15, -0.1) is 0 Å². The summed E-state index contributed by atoms with van der Waals surface area (Å²) in [6, 6.07) is 13.7. The molecule has 2 aromatic rings. The fraction of sp³-hybridized carbons (Fsp3) is 0.250. The second kappa shape index (κ2) is 6.77. The van der Waals surface area contributed by atoms with Gasteiger partial charge in [0.15, 0.2) is 0 Å². The molecule has 0 aliphatic carbocycles. The Morgan fingerprint density at radius 2 is 1.90 bits per heavy atom. The van der Waals surface area contributed by atoms with E-state index in [4.69, 9.17) is 4.74 Å². The molecule has 20 heavy (non-hydrogen) atoms. The van der Waals surface area contributed by atoms with E-state index in [1.165, 1.54) is 5.56 Å². The predicted octanol–water partition coefficient (Wildman–Crippen LogP) is 3.91. The minimum absolute atomic E-state index is 0.0205. The maximum atomic E-state index is 9.60. The van der Waals surface area contributed by atoms with E-state index in [1.54, 1.807) is 7.11 Å². The van der Waals surface area contributed by atoms with Crippen LogP contribution in [0, 0.1) is 6.92 Å². The number of benzene rings is 2. The summed E-state index contributed by atoms with van der Waals surface area (Å²) in [5, 5.41) is 12.9. The summed E-state index contributed by atoms with van der Waals surface area (Å²) in [5.41, 5.74) is 3.20. The van der Waals surface area contributed by atoms with E-state index >= 15 is 0 Å². The van der Waals surface area contributed by atoms with Crippen LogP contribution < -0.4 is 10.1 Å². The summed E-state index contributed by atoms with van der Waals surface area (Å²) >= 11 is 3.47.